The van der Waals surface area contributed by atoms with E-state index in [1.165, 1.54) is 23.4 Å². The molecule has 0 aliphatic carbocycles. The predicted octanol–water partition coefficient (Wildman–Crippen LogP) is 1.31. The highest BCUT2D eigenvalue weighted by molar-refractivity contribution is 5.98. The van der Waals surface area contributed by atoms with Crippen molar-refractivity contribution < 1.29 is 18.7 Å². The van der Waals surface area contributed by atoms with Crippen LogP contribution in [0.25, 0.3) is 11.0 Å². The molecule has 1 fully saturated rings. The highest BCUT2D eigenvalue weighted by Gasteiger charge is 2.36. The molecule has 1 aliphatic rings. The number of amides is 1. The highest BCUT2D eigenvalue weighted by atomic mass is 19.1. The van der Waals surface area contributed by atoms with Crippen molar-refractivity contribution in [1.82, 2.24) is 14.9 Å². The normalized spacial score (nSPS) is 22.0. The van der Waals surface area contributed by atoms with Gasteiger partial charge in [0.15, 0.2) is 0 Å². The van der Waals surface area contributed by atoms with E-state index < -0.39 is 23.9 Å². The molecule has 1 aromatic carbocycles. The van der Waals surface area contributed by atoms with Crippen molar-refractivity contribution in [3.8, 4) is 0 Å². The molecular weight excluding hydrogens is 280 g/mol. The number of alkyl halides is 1. The molecule has 0 radical (unpaired) electrons. The first-order valence-electron chi connectivity index (χ1n) is 6.56. The molecule has 1 amide bonds. The second-order valence-electron chi connectivity index (χ2n) is 5.00. The Labute approximate surface area is 119 Å². The van der Waals surface area contributed by atoms with Crippen molar-refractivity contribution in [2.75, 3.05) is 13.2 Å². The van der Waals surface area contributed by atoms with E-state index in [1.807, 2.05) is 0 Å². The van der Waals surface area contributed by atoms with Gasteiger partial charge in [0, 0.05) is 24.9 Å². The lowest BCUT2D eigenvalue weighted by Gasteiger charge is -2.22. The molecule has 0 unspecified atom stereocenters. The van der Waals surface area contributed by atoms with Gasteiger partial charge >= 0.3 is 0 Å². The van der Waals surface area contributed by atoms with Gasteiger partial charge in [-0.3, -0.25) is 14.8 Å². The van der Waals surface area contributed by atoms with Crippen molar-refractivity contribution in [3.63, 3.8) is 0 Å². The second kappa shape index (κ2) is 5.33. The highest BCUT2D eigenvalue weighted by Crippen LogP contribution is 2.24. The molecule has 3 rings (SSSR count). The quantitative estimate of drug-likeness (QED) is 0.906. The van der Waals surface area contributed by atoms with E-state index in [2.05, 4.69) is 9.97 Å². The van der Waals surface area contributed by atoms with Gasteiger partial charge in [-0.15, -0.1) is 0 Å². The third kappa shape index (κ3) is 2.44. The fourth-order valence-electron chi connectivity index (χ4n) is 2.59. The fraction of sp³-hybridized carbons (Fsp3) is 0.357. The summed E-state index contributed by atoms with van der Waals surface area (Å²) in [6, 6.07) is 1.82. The molecule has 1 aromatic heterocycles. The number of likely N-dealkylation sites (tertiary alicyclic amines) is 1. The van der Waals surface area contributed by atoms with E-state index in [-0.39, 0.29) is 25.1 Å². The zero-order valence-electron chi connectivity index (χ0n) is 11.0. The van der Waals surface area contributed by atoms with Gasteiger partial charge in [-0.05, 0) is 6.07 Å². The van der Waals surface area contributed by atoms with Crippen LogP contribution in [-0.2, 0) is 0 Å². The van der Waals surface area contributed by atoms with Gasteiger partial charge in [-0.25, -0.2) is 8.78 Å². The smallest absolute Gasteiger partial charge is 0.257 e. The van der Waals surface area contributed by atoms with Gasteiger partial charge < -0.3 is 10.0 Å². The summed E-state index contributed by atoms with van der Waals surface area (Å²) in [5.41, 5.74) is 0.546. The summed E-state index contributed by atoms with van der Waals surface area (Å²) in [6.45, 7) is -0.483. The first-order valence-corrected chi connectivity index (χ1v) is 6.56. The summed E-state index contributed by atoms with van der Waals surface area (Å²) in [5.74, 6) is -1.37. The van der Waals surface area contributed by atoms with Crippen molar-refractivity contribution in [3.05, 3.63) is 35.9 Å². The molecule has 7 heteroatoms. The van der Waals surface area contributed by atoms with Crippen LogP contribution < -0.4 is 0 Å². The van der Waals surface area contributed by atoms with Crippen LogP contribution in [0.3, 0.4) is 0 Å². The first-order chi connectivity index (χ1) is 10.1. The average Bonchev–Trinajstić information content (AvgIpc) is 2.87. The maximum Gasteiger partial charge on any atom is 0.257 e. The Hall–Kier alpha value is -2.15. The van der Waals surface area contributed by atoms with Gasteiger partial charge in [-0.2, -0.15) is 0 Å². The summed E-state index contributed by atoms with van der Waals surface area (Å²) in [4.78, 5) is 21.5. The zero-order valence-corrected chi connectivity index (χ0v) is 11.0. The molecule has 2 aromatic rings. The Kier molecular flexibility index (Phi) is 3.50. The summed E-state index contributed by atoms with van der Waals surface area (Å²) < 4.78 is 27.5. The van der Waals surface area contributed by atoms with E-state index in [1.54, 1.807) is 0 Å². The molecule has 0 spiro atoms. The molecule has 2 atom stereocenters. The van der Waals surface area contributed by atoms with E-state index in [4.69, 9.17) is 0 Å². The Morgan fingerprint density at radius 1 is 1.33 bits per heavy atom. The molecule has 1 N–H and O–H groups in total. The van der Waals surface area contributed by atoms with Crippen molar-refractivity contribution in [2.24, 2.45) is 0 Å². The molecule has 1 aliphatic heterocycles. The van der Waals surface area contributed by atoms with E-state index >= 15 is 0 Å². The SMILES string of the molecule is O=C(c1cc2nccnc2cc1F)N1C[C@@H](F)C[C@H]1CO. The number of aliphatic hydroxyl groups excluding tert-OH is 1. The molecule has 1 saturated heterocycles. The monoisotopic (exact) mass is 293 g/mol. The van der Waals surface area contributed by atoms with Crippen molar-refractivity contribution in [2.45, 2.75) is 18.6 Å². The molecule has 110 valence electrons. The van der Waals surface area contributed by atoms with Crippen LogP contribution in [0, 0.1) is 5.82 Å². The Bertz CT molecular complexity index is 695. The molecule has 0 saturated carbocycles. The Morgan fingerprint density at radius 2 is 2.00 bits per heavy atom. The number of halogens is 2. The van der Waals surface area contributed by atoms with Crippen LogP contribution in [0.2, 0.25) is 0 Å². The lowest BCUT2D eigenvalue weighted by Crippen LogP contribution is -2.38. The van der Waals surface area contributed by atoms with Crippen molar-refractivity contribution >= 4 is 16.9 Å². The summed E-state index contributed by atoms with van der Waals surface area (Å²) in [5, 5.41) is 9.21. The van der Waals surface area contributed by atoms with Gasteiger partial charge in [0.25, 0.3) is 5.91 Å². The van der Waals surface area contributed by atoms with E-state index in [0.717, 1.165) is 6.07 Å². The van der Waals surface area contributed by atoms with Crippen LogP contribution in [0.1, 0.15) is 16.8 Å². The largest absolute Gasteiger partial charge is 0.394 e. The van der Waals surface area contributed by atoms with Gasteiger partial charge in [-0.1, -0.05) is 0 Å². The number of carbonyl (C=O) groups is 1. The molecule has 0 bridgehead atoms. The first kappa shape index (κ1) is 13.8. The second-order valence-corrected chi connectivity index (χ2v) is 5.00. The molecule has 21 heavy (non-hydrogen) atoms. The topological polar surface area (TPSA) is 66.3 Å². The number of hydrogen-bond acceptors (Lipinski definition) is 4. The van der Waals surface area contributed by atoms with Crippen LogP contribution >= 0.6 is 0 Å². The number of hydrogen-bond donors (Lipinski definition) is 1. The zero-order chi connectivity index (χ0) is 15.0. The third-order valence-electron chi connectivity index (χ3n) is 3.62. The predicted molar refractivity (Wildman–Crippen MR) is 70.9 cm³/mol. The minimum absolute atomic E-state index is 0.0667. The minimum Gasteiger partial charge on any atom is -0.394 e. The number of carbonyl (C=O) groups excluding carboxylic acids is 1. The van der Waals surface area contributed by atoms with E-state index in [0.29, 0.717) is 11.0 Å². The number of benzene rings is 1. The van der Waals surface area contributed by atoms with Crippen LogP contribution in [0.5, 0.6) is 0 Å². The maximum absolute atomic E-state index is 14.1. The number of rotatable bonds is 2. The number of fused-ring (bicyclic) bond motifs is 1. The number of aromatic nitrogens is 2. The average molecular weight is 293 g/mol. The van der Waals surface area contributed by atoms with Gasteiger partial charge in [0.2, 0.25) is 0 Å². The van der Waals surface area contributed by atoms with Crippen molar-refractivity contribution in [1.29, 1.82) is 0 Å². The summed E-state index contributed by atoms with van der Waals surface area (Å²) >= 11 is 0. The van der Waals surface area contributed by atoms with Gasteiger partial charge in [0.05, 0.1) is 35.8 Å². The summed E-state index contributed by atoms with van der Waals surface area (Å²) in [7, 11) is 0. The standard InChI is InChI=1S/C14H13F2N3O2/c15-8-3-9(7-20)19(6-8)14(21)10-4-12-13(5-11(10)16)18-2-1-17-12/h1-2,4-5,8-9,20H,3,6-7H2/t8-,9-/m0/s1. The summed E-state index contributed by atoms with van der Waals surface area (Å²) in [6.07, 6.45) is 1.74. The Balaban J connectivity index is 1.99. The molecular formula is C14H13F2N3O2. The van der Waals surface area contributed by atoms with Crippen LogP contribution in [0.15, 0.2) is 24.5 Å². The van der Waals surface area contributed by atoms with E-state index in [9.17, 15) is 18.7 Å². The molecule has 2 heterocycles. The Morgan fingerprint density at radius 3 is 2.67 bits per heavy atom. The lowest BCUT2D eigenvalue weighted by molar-refractivity contribution is 0.0668. The van der Waals surface area contributed by atoms with Crippen LogP contribution in [-0.4, -0.2) is 51.2 Å². The number of aliphatic hydroxyl groups is 1. The third-order valence-corrected chi connectivity index (χ3v) is 3.62. The minimum atomic E-state index is -1.20. The lowest BCUT2D eigenvalue weighted by atomic mass is 10.1. The fourth-order valence-corrected chi connectivity index (χ4v) is 2.59. The van der Waals surface area contributed by atoms with Gasteiger partial charge in [0.1, 0.15) is 12.0 Å². The number of nitrogens with zero attached hydrogens (tertiary/aromatic N) is 3. The maximum atomic E-state index is 14.1. The molecule has 5 nitrogen and oxygen atoms in total. The van der Waals surface area contributed by atoms with Crippen LogP contribution in [0.4, 0.5) is 8.78 Å².